The minimum atomic E-state index is 0.220. The van der Waals surface area contributed by atoms with Crippen LogP contribution in [0.4, 0.5) is 5.69 Å². The molecule has 0 radical (unpaired) electrons. The van der Waals surface area contributed by atoms with Gasteiger partial charge < -0.3 is 10.5 Å². The third kappa shape index (κ3) is 2.79. The highest BCUT2D eigenvalue weighted by molar-refractivity contribution is 5.70. The molecule has 2 aromatic rings. The van der Waals surface area contributed by atoms with Gasteiger partial charge >= 0.3 is 0 Å². The van der Waals surface area contributed by atoms with Crippen molar-refractivity contribution in [2.45, 2.75) is 32.6 Å². The second-order valence-corrected chi connectivity index (χ2v) is 5.77. The smallest absolute Gasteiger partial charge is 0.141 e. The van der Waals surface area contributed by atoms with Crippen LogP contribution in [0.15, 0.2) is 42.5 Å². The Hall–Kier alpha value is -1.96. The summed E-state index contributed by atoms with van der Waals surface area (Å²) in [5.41, 5.74) is 10.5. The Morgan fingerprint density at radius 1 is 1.00 bits per heavy atom. The molecule has 0 unspecified atom stereocenters. The molecular formula is C18H23NO. The minimum Gasteiger partial charge on any atom is -0.495 e. The molecular weight excluding hydrogens is 246 g/mol. The average molecular weight is 269 g/mol. The fourth-order valence-electron chi connectivity index (χ4n) is 2.23. The molecule has 0 fully saturated rings. The first-order valence-electron chi connectivity index (χ1n) is 7.02. The van der Waals surface area contributed by atoms with Crippen LogP contribution in [0.3, 0.4) is 0 Å². The van der Waals surface area contributed by atoms with Crippen molar-refractivity contribution in [3.05, 3.63) is 48.0 Å². The van der Waals surface area contributed by atoms with E-state index in [1.54, 1.807) is 7.11 Å². The van der Waals surface area contributed by atoms with Gasteiger partial charge in [0.15, 0.2) is 0 Å². The van der Waals surface area contributed by atoms with Gasteiger partial charge in [0.2, 0.25) is 0 Å². The fraction of sp³-hybridized carbons (Fsp3) is 0.333. The van der Waals surface area contributed by atoms with Crippen molar-refractivity contribution in [3.8, 4) is 16.9 Å². The highest BCUT2D eigenvalue weighted by Crippen LogP contribution is 2.31. The van der Waals surface area contributed by atoms with E-state index in [9.17, 15) is 0 Å². The van der Waals surface area contributed by atoms with Crippen LogP contribution in [0.2, 0.25) is 0 Å². The molecule has 0 atom stereocenters. The van der Waals surface area contributed by atoms with Crippen LogP contribution in [0.5, 0.6) is 5.75 Å². The lowest BCUT2D eigenvalue weighted by Gasteiger charge is -2.23. The van der Waals surface area contributed by atoms with Crippen LogP contribution < -0.4 is 10.5 Å². The molecule has 2 rings (SSSR count). The van der Waals surface area contributed by atoms with E-state index in [0.717, 1.165) is 17.7 Å². The van der Waals surface area contributed by atoms with Crippen LogP contribution in [0.1, 0.15) is 32.8 Å². The Balaban J connectivity index is 2.33. The topological polar surface area (TPSA) is 35.2 Å². The largest absolute Gasteiger partial charge is 0.495 e. The van der Waals surface area contributed by atoms with Crippen molar-refractivity contribution in [1.82, 2.24) is 0 Å². The van der Waals surface area contributed by atoms with E-state index in [4.69, 9.17) is 10.5 Å². The summed E-state index contributed by atoms with van der Waals surface area (Å²) in [6.45, 7) is 6.76. The van der Waals surface area contributed by atoms with Crippen molar-refractivity contribution in [2.75, 3.05) is 12.8 Å². The predicted octanol–water partition coefficient (Wildman–Crippen LogP) is 4.63. The zero-order valence-electron chi connectivity index (χ0n) is 12.7. The average Bonchev–Trinajstić information content (AvgIpc) is 2.47. The van der Waals surface area contributed by atoms with Gasteiger partial charge in [-0.1, -0.05) is 51.1 Å². The zero-order chi connectivity index (χ0) is 14.8. The highest BCUT2D eigenvalue weighted by atomic mass is 16.5. The van der Waals surface area contributed by atoms with Crippen molar-refractivity contribution >= 4 is 5.69 Å². The summed E-state index contributed by atoms with van der Waals surface area (Å²) in [4.78, 5) is 0. The number of anilines is 1. The Kier molecular flexibility index (Phi) is 4.03. The maximum Gasteiger partial charge on any atom is 0.141 e. The maximum atomic E-state index is 5.96. The first kappa shape index (κ1) is 14.4. The Morgan fingerprint density at radius 3 is 2.10 bits per heavy atom. The number of rotatable bonds is 4. The molecule has 106 valence electrons. The van der Waals surface area contributed by atoms with Crippen LogP contribution in [0, 0.1) is 0 Å². The van der Waals surface area contributed by atoms with Gasteiger partial charge in [-0.25, -0.2) is 0 Å². The Labute approximate surface area is 121 Å². The molecule has 20 heavy (non-hydrogen) atoms. The molecule has 0 aliphatic rings. The SMILES string of the molecule is CCC(C)(C)c1ccc(-c2ccc(OC)c(N)c2)cc1. The van der Waals surface area contributed by atoms with E-state index in [-0.39, 0.29) is 5.41 Å². The predicted molar refractivity (Wildman–Crippen MR) is 86.2 cm³/mol. The fourth-order valence-corrected chi connectivity index (χ4v) is 2.23. The van der Waals surface area contributed by atoms with Gasteiger partial charge in [0.1, 0.15) is 5.75 Å². The van der Waals surface area contributed by atoms with Crippen molar-refractivity contribution in [1.29, 1.82) is 0 Å². The lowest BCUT2D eigenvalue weighted by atomic mass is 9.82. The number of hydrogen-bond acceptors (Lipinski definition) is 2. The summed E-state index contributed by atoms with van der Waals surface area (Å²) < 4.78 is 5.19. The lowest BCUT2D eigenvalue weighted by Crippen LogP contribution is -2.14. The molecule has 2 aromatic carbocycles. The molecule has 0 bridgehead atoms. The number of nitrogens with two attached hydrogens (primary N) is 1. The van der Waals surface area contributed by atoms with Gasteiger partial charge in [-0.15, -0.1) is 0 Å². The van der Waals surface area contributed by atoms with E-state index in [1.807, 2.05) is 18.2 Å². The molecule has 0 spiro atoms. The standard InChI is InChI=1S/C18H23NO/c1-5-18(2,3)15-9-6-13(7-10-15)14-8-11-17(20-4)16(19)12-14/h6-12H,5,19H2,1-4H3. The van der Waals surface area contributed by atoms with E-state index < -0.39 is 0 Å². The van der Waals surface area contributed by atoms with E-state index in [0.29, 0.717) is 5.69 Å². The van der Waals surface area contributed by atoms with Gasteiger partial charge in [0, 0.05) is 0 Å². The Morgan fingerprint density at radius 2 is 1.60 bits per heavy atom. The van der Waals surface area contributed by atoms with Crippen molar-refractivity contribution in [3.63, 3.8) is 0 Å². The zero-order valence-corrected chi connectivity index (χ0v) is 12.7. The first-order chi connectivity index (χ1) is 9.47. The van der Waals surface area contributed by atoms with Crippen molar-refractivity contribution < 1.29 is 4.74 Å². The minimum absolute atomic E-state index is 0.220. The summed E-state index contributed by atoms with van der Waals surface area (Å²) in [7, 11) is 1.63. The van der Waals surface area contributed by atoms with Gasteiger partial charge in [0.05, 0.1) is 12.8 Å². The highest BCUT2D eigenvalue weighted by Gasteiger charge is 2.17. The van der Waals surface area contributed by atoms with Gasteiger partial charge in [-0.2, -0.15) is 0 Å². The number of benzene rings is 2. The van der Waals surface area contributed by atoms with Gasteiger partial charge in [-0.05, 0) is 40.7 Å². The maximum absolute atomic E-state index is 5.96. The normalized spacial score (nSPS) is 11.4. The van der Waals surface area contributed by atoms with Gasteiger partial charge in [0.25, 0.3) is 0 Å². The summed E-state index contributed by atoms with van der Waals surface area (Å²) in [6, 6.07) is 14.6. The number of hydrogen-bond donors (Lipinski definition) is 1. The molecule has 0 aromatic heterocycles. The second-order valence-electron chi connectivity index (χ2n) is 5.77. The molecule has 0 heterocycles. The monoisotopic (exact) mass is 269 g/mol. The summed E-state index contributed by atoms with van der Waals surface area (Å²) in [6.07, 6.45) is 1.13. The first-order valence-corrected chi connectivity index (χ1v) is 7.02. The van der Waals surface area contributed by atoms with Gasteiger partial charge in [-0.3, -0.25) is 0 Å². The third-order valence-corrected chi connectivity index (χ3v) is 4.11. The quantitative estimate of drug-likeness (QED) is 0.821. The summed E-state index contributed by atoms with van der Waals surface area (Å²) >= 11 is 0. The number of methoxy groups -OCH3 is 1. The molecule has 0 saturated carbocycles. The van der Waals surface area contributed by atoms with E-state index in [2.05, 4.69) is 45.0 Å². The van der Waals surface area contributed by atoms with Crippen LogP contribution in [-0.2, 0) is 5.41 Å². The second kappa shape index (κ2) is 5.58. The third-order valence-electron chi connectivity index (χ3n) is 4.11. The molecule has 0 saturated heterocycles. The van der Waals surface area contributed by atoms with E-state index in [1.165, 1.54) is 11.1 Å². The van der Waals surface area contributed by atoms with Crippen LogP contribution in [-0.4, -0.2) is 7.11 Å². The number of ether oxygens (including phenoxy) is 1. The lowest BCUT2D eigenvalue weighted by molar-refractivity contribution is 0.417. The molecule has 0 aliphatic heterocycles. The summed E-state index contributed by atoms with van der Waals surface area (Å²) in [5.74, 6) is 0.720. The Bertz CT molecular complexity index is 585. The van der Waals surface area contributed by atoms with Crippen LogP contribution >= 0.6 is 0 Å². The molecule has 2 heteroatoms. The molecule has 2 N–H and O–H groups in total. The molecule has 0 aliphatic carbocycles. The van der Waals surface area contributed by atoms with Crippen LogP contribution in [0.25, 0.3) is 11.1 Å². The van der Waals surface area contributed by atoms with Crippen molar-refractivity contribution in [2.24, 2.45) is 0 Å². The van der Waals surface area contributed by atoms with E-state index >= 15 is 0 Å². The molecule has 2 nitrogen and oxygen atoms in total. The molecule has 0 amide bonds. The summed E-state index contributed by atoms with van der Waals surface area (Å²) in [5, 5.41) is 0. The number of nitrogen functional groups attached to an aromatic ring is 1.